The van der Waals surface area contributed by atoms with Crippen LogP contribution in [0.25, 0.3) is 0 Å². The third-order valence-corrected chi connectivity index (χ3v) is 5.47. The Bertz CT molecular complexity index is 596. The number of unbranched alkanes of at least 4 members (excludes halogenated alkanes) is 7. The zero-order valence-electron chi connectivity index (χ0n) is 21.3. The Morgan fingerprint density at radius 1 is 0.839 bits per heavy atom. The number of aryl methyl sites for hydroxylation is 1. The molecule has 0 unspecified atom stereocenters. The van der Waals surface area contributed by atoms with Crippen molar-refractivity contribution in [1.29, 1.82) is 0 Å². The first-order valence-corrected chi connectivity index (χ1v) is 12.1. The zero-order chi connectivity index (χ0) is 24.1. The van der Waals surface area contributed by atoms with E-state index in [4.69, 9.17) is 10.8 Å². The molecule has 0 aliphatic rings. The monoisotopic (exact) mass is 435 g/mol. The molecule has 0 radical (unpaired) electrons. The second-order valence-corrected chi connectivity index (χ2v) is 10.7. The smallest absolute Gasteiger partial charge is 0.303 e. The molecule has 0 amide bonds. The molecule has 1 rings (SSSR count). The lowest BCUT2D eigenvalue weighted by atomic mass is 9.78. The van der Waals surface area contributed by atoms with Gasteiger partial charge in [0.15, 0.2) is 0 Å². The summed E-state index contributed by atoms with van der Waals surface area (Å²) in [5.74, 6) is -0.461. The van der Waals surface area contributed by atoms with Crippen LogP contribution in [0, 0.1) is 0 Å². The molecule has 180 valence electrons. The van der Waals surface area contributed by atoms with E-state index in [-0.39, 0.29) is 17.3 Å². The van der Waals surface area contributed by atoms with E-state index in [1.165, 1.54) is 51.4 Å². The fourth-order valence-electron chi connectivity index (χ4n) is 3.51. The number of benzene rings is 1. The molecule has 1 aromatic rings. The third-order valence-electron chi connectivity index (χ3n) is 5.47. The Labute approximate surface area is 191 Å². The number of aliphatic carboxylic acids is 1. The van der Waals surface area contributed by atoms with Crippen LogP contribution in [0.1, 0.15) is 123 Å². The lowest BCUT2D eigenvalue weighted by Crippen LogP contribution is -2.18. The molecule has 0 heterocycles. The minimum Gasteiger partial charge on any atom is -0.507 e. The molecule has 0 spiro atoms. The largest absolute Gasteiger partial charge is 0.507 e. The highest BCUT2D eigenvalue weighted by molar-refractivity contribution is 5.67. The van der Waals surface area contributed by atoms with Gasteiger partial charge in [0.2, 0.25) is 0 Å². The van der Waals surface area contributed by atoms with E-state index < -0.39 is 5.97 Å². The number of hydrogen-bond donors (Lipinski definition) is 3. The van der Waals surface area contributed by atoms with Crippen molar-refractivity contribution in [2.24, 2.45) is 5.73 Å². The zero-order valence-corrected chi connectivity index (χ0v) is 21.3. The number of carboxylic acid groups (broad SMARTS) is 1. The number of aromatic hydroxyl groups is 1. The summed E-state index contributed by atoms with van der Waals surface area (Å²) in [4.78, 5) is 10.8. The van der Waals surface area contributed by atoms with E-state index in [1.54, 1.807) is 0 Å². The van der Waals surface area contributed by atoms with Gasteiger partial charge in [-0.2, -0.15) is 0 Å². The highest BCUT2D eigenvalue weighted by Gasteiger charge is 2.26. The standard InChI is InChI=1S/C17H26O3.C10H23N/c1-16(2,3)12-9-11(7-8-14(18)19)10-13(15(12)20)17(4,5)6;1-2-3-4-5-6-7-8-9-10-11/h9-10,20H,7-8H2,1-6H3,(H,18,19);2-11H2,1H3. The first-order chi connectivity index (χ1) is 14.3. The van der Waals surface area contributed by atoms with Crippen LogP contribution in [0.3, 0.4) is 0 Å². The van der Waals surface area contributed by atoms with Gasteiger partial charge in [-0.1, -0.05) is 106 Å². The molecule has 0 saturated carbocycles. The van der Waals surface area contributed by atoms with E-state index in [0.717, 1.165) is 23.2 Å². The summed E-state index contributed by atoms with van der Waals surface area (Å²) in [5, 5.41) is 19.4. The second kappa shape index (κ2) is 14.5. The van der Waals surface area contributed by atoms with Crippen molar-refractivity contribution in [3.63, 3.8) is 0 Å². The Morgan fingerprint density at radius 3 is 1.61 bits per heavy atom. The van der Waals surface area contributed by atoms with Crippen molar-refractivity contribution in [3.05, 3.63) is 28.8 Å². The van der Waals surface area contributed by atoms with Gasteiger partial charge in [0, 0.05) is 6.42 Å². The molecule has 0 atom stereocenters. The lowest BCUT2D eigenvalue weighted by molar-refractivity contribution is -0.136. The Kier molecular flexibility index (Phi) is 13.8. The molecule has 0 saturated heterocycles. The van der Waals surface area contributed by atoms with Crippen LogP contribution < -0.4 is 5.73 Å². The molecular weight excluding hydrogens is 386 g/mol. The lowest BCUT2D eigenvalue weighted by Gasteiger charge is -2.28. The molecule has 1 aromatic carbocycles. The van der Waals surface area contributed by atoms with Crippen LogP contribution in [0.5, 0.6) is 5.75 Å². The highest BCUT2D eigenvalue weighted by Crippen LogP contribution is 2.39. The maximum absolute atomic E-state index is 10.8. The Balaban J connectivity index is 0.000000695. The molecule has 4 heteroatoms. The highest BCUT2D eigenvalue weighted by atomic mass is 16.4. The number of phenols is 1. The van der Waals surface area contributed by atoms with Crippen molar-refractivity contribution < 1.29 is 15.0 Å². The maximum atomic E-state index is 10.8. The number of carboxylic acids is 1. The summed E-state index contributed by atoms with van der Waals surface area (Å²) < 4.78 is 0. The average Bonchev–Trinajstić information content (AvgIpc) is 2.65. The van der Waals surface area contributed by atoms with Crippen molar-refractivity contribution >= 4 is 5.97 Å². The molecule has 0 fully saturated rings. The van der Waals surface area contributed by atoms with Gasteiger partial charge in [0.05, 0.1) is 0 Å². The van der Waals surface area contributed by atoms with Gasteiger partial charge in [-0.05, 0) is 46.9 Å². The minimum absolute atomic E-state index is 0.109. The second-order valence-electron chi connectivity index (χ2n) is 10.7. The van der Waals surface area contributed by atoms with Crippen LogP contribution >= 0.6 is 0 Å². The summed E-state index contributed by atoms with van der Waals surface area (Å²) in [6.45, 7) is 15.4. The molecule has 0 aromatic heterocycles. The first kappa shape index (κ1) is 29.5. The average molecular weight is 436 g/mol. The van der Waals surface area contributed by atoms with Crippen LogP contribution in [0.2, 0.25) is 0 Å². The quantitative estimate of drug-likeness (QED) is 0.324. The van der Waals surface area contributed by atoms with E-state index in [2.05, 4.69) is 48.5 Å². The Hall–Kier alpha value is -1.55. The van der Waals surface area contributed by atoms with E-state index in [1.807, 2.05) is 12.1 Å². The molecule has 0 bridgehead atoms. The maximum Gasteiger partial charge on any atom is 0.303 e. The number of carbonyl (C=O) groups is 1. The van der Waals surface area contributed by atoms with E-state index in [0.29, 0.717) is 12.2 Å². The number of hydrogen-bond acceptors (Lipinski definition) is 3. The first-order valence-electron chi connectivity index (χ1n) is 12.1. The molecule has 4 nitrogen and oxygen atoms in total. The summed E-state index contributed by atoms with van der Waals surface area (Å²) in [6.07, 6.45) is 11.6. The summed E-state index contributed by atoms with van der Waals surface area (Å²) in [6, 6.07) is 3.88. The van der Waals surface area contributed by atoms with Gasteiger partial charge in [0.25, 0.3) is 0 Å². The van der Waals surface area contributed by atoms with Crippen LogP contribution in [0.4, 0.5) is 0 Å². The van der Waals surface area contributed by atoms with Crippen molar-refractivity contribution in [2.75, 3.05) is 6.54 Å². The number of phenolic OH excluding ortho intramolecular Hbond substituents is 1. The molecule has 0 aliphatic carbocycles. The molecule has 4 N–H and O–H groups in total. The van der Waals surface area contributed by atoms with E-state index in [9.17, 15) is 9.90 Å². The number of rotatable bonds is 11. The van der Waals surface area contributed by atoms with Gasteiger partial charge >= 0.3 is 5.97 Å². The van der Waals surface area contributed by atoms with Gasteiger partial charge in [0.1, 0.15) is 5.75 Å². The SMILES string of the molecule is CC(C)(C)c1cc(CCC(=O)O)cc(C(C)(C)C)c1O.CCCCCCCCCCN. The van der Waals surface area contributed by atoms with Gasteiger partial charge in [-0.25, -0.2) is 0 Å². The van der Waals surface area contributed by atoms with Gasteiger partial charge in [-0.15, -0.1) is 0 Å². The molecule has 31 heavy (non-hydrogen) atoms. The predicted molar refractivity (Wildman–Crippen MR) is 133 cm³/mol. The normalized spacial score (nSPS) is 11.7. The predicted octanol–water partition coefficient (Wildman–Crippen LogP) is 7.09. The third kappa shape index (κ3) is 12.8. The summed E-state index contributed by atoms with van der Waals surface area (Å²) in [7, 11) is 0. The number of nitrogens with two attached hydrogens (primary N) is 1. The topological polar surface area (TPSA) is 83.5 Å². The van der Waals surface area contributed by atoms with E-state index >= 15 is 0 Å². The van der Waals surface area contributed by atoms with Crippen LogP contribution in [0.15, 0.2) is 12.1 Å². The molecular formula is C27H49NO3. The van der Waals surface area contributed by atoms with Crippen LogP contribution in [-0.4, -0.2) is 22.7 Å². The van der Waals surface area contributed by atoms with Crippen LogP contribution in [-0.2, 0) is 22.0 Å². The van der Waals surface area contributed by atoms with Crippen molar-refractivity contribution in [3.8, 4) is 5.75 Å². The fourth-order valence-corrected chi connectivity index (χ4v) is 3.51. The summed E-state index contributed by atoms with van der Waals surface area (Å²) >= 11 is 0. The summed E-state index contributed by atoms with van der Waals surface area (Å²) in [5.41, 5.74) is 7.77. The minimum atomic E-state index is -0.798. The van der Waals surface area contributed by atoms with Gasteiger partial charge < -0.3 is 15.9 Å². The Morgan fingerprint density at radius 2 is 1.26 bits per heavy atom. The molecule has 0 aliphatic heterocycles. The van der Waals surface area contributed by atoms with Gasteiger partial charge in [-0.3, -0.25) is 4.79 Å². The van der Waals surface area contributed by atoms with Crippen molar-refractivity contribution in [2.45, 2.75) is 124 Å². The van der Waals surface area contributed by atoms with Crippen molar-refractivity contribution in [1.82, 2.24) is 0 Å². The fraction of sp³-hybridized carbons (Fsp3) is 0.741.